The third-order valence-corrected chi connectivity index (χ3v) is 3.86. The van der Waals surface area contributed by atoms with Crippen LogP contribution in [-0.2, 0) is 7.05 Å². The van der Waals surface area contributed by atoms with Crippen molar-refractivity contribution in [2.45, 2.75) is 20.3 Å². The van der Waals surface area contributed by atoms with Crippen LogP contribution in [0.15, 0.2) is 41.0 Å². The van der Waals surface area contributed by atoms with Gasteiger partial charge in [-0.3, -0.25) is 4.79 Å². The van der Waals surface area contributed by atoms with Crippen LogP contribution in [0.5, 0.6) is 0 Å². The van der Waals surface area contributed by atoms with E-state index in [0.29, 0.717) is 11.4 Å². The van der Waals surface area contributed by atoms with E-state index >= 15 is 0 Å². The van der Waals surface area contributed by atoms with Crippen molar-refractivity contribution in [3.05, 3.63) is 52.1 Å². The molecule has 19 heavy (non-hydrogen) atoms. The zero-order valence-corrected chi connectivity index (χ0v) is 11.5. The van der Waals surface area contributed by atoms with Crippen molar-refractivity contribution in [1.82, 2.24) is 9.55 Å². The first kappa shape index (κ1) is 12.0. The molecule has 0 radical (unpaired) electrons. The van der Waals surface area contributed by atoms with Crippen LogP contribution in [0.4, 0.5) is 0 Å². The number of H-pyrrole nitrogens is 1. The number of nitrogens with zero attached hydrogens (tertiary/aromatic N) is 1. The number of aromatic nitrogens is 2. The van der Waals surface area contributed by atoms with Crippen LogP contribution in [0.1, 0.15) is 25.8 Å². The molecule has 3 nitrogen and oxygen atoms in total. The summed E-state index contributed by atoms with van der Waals surface area (Å²) in [5.74, 6) is 0.546. The SMILES string of the molecule is CC1=CCC(C)C=C1c1cn(C)c(=O)c2[nH]ccc12. The van der Waals surface area contributed by atoms with Gasteiger partial charge in [0.1, 0.15) is 5.52 Å². The lowest BCUT2D eigenvalue weighted by atomic mass is 9.88. The molecule has 0 fully saturated rings. The number of fused-ring (bicyclic) bond motifs is 1. The van der Waals surface area contributed by atoms with Crippen molar-refractivity contribution in [1.29, 1.82) is 0 Å². The quantitative estimate of drug-likeness (QED) is 0.833. The number of aromatic amines is 1. The molecule has 2 aromatic rings. The third kappa shape index (κ3) is 1.86. The Labute approximate surface area is 112 Å². The largest absolute Gasteiger partial charge is 0.357 e. The Balaban J connectivity index is 2.32. The zero-order valence-electron chi connectivity index (χ0n) is 11.5. The van der Waals surface area contributed by atoms with Crippen LogP contribution >= 0.6 is 0 Å². The molecule has 98 valence electrons. The molecular weight excluding hydrogens is 236 g/mol. The normalized spacial score (nSPS) is 19.4. The summed E-state index contributed by atoms with van der Waals surface area (Å²) in [5.41, 5.74) is 4.39. The number of aryl methyl sites for hydroxylation is 1. The average molecular weight is 254 g/mol. The maximum absolute atomic E-state index is 12.1. The van der Waals surface area contributed by atoms with Crippen molar-refractivity contribution in [3.63, 3.8) is 0 Å². The number of pyridine rings is 1. The molecule has 3 heteroatoms. The van der Waals surface area contributed by atoms with Gasteiger partial charge in [-0.25, -0.2) is 0 Å². The van der Waals surface area contributed by atoms with Gasteiger partial charge in [-0.05, 0) is 36.5 Å². The molecule has 2 aromatic heterocycles. The van der Waals surface area contributed by atoms with Gasteiger partial charge in [0.2, 0.25) is 0 Å². The predicted molar refractivity (Wildman–Crippen MR) is 79.1 cm³/mol. The van der Waals surface area contributed by atoms with E-state index in [-0.39, 0.29) is 5.56 Å². The number of allylic oxidation sites excluding steroid dienone is 4. The fourth-order valence-electron chi connectivity index (χ4n) is 2.74. The molecule has 1 unspecified atom stereocenters. The summed E-state index contributed by atoms with van der Waals surface area (Å²) in [5, 5.41) is 1.01. The molecule has 1 N–H and O–H groups in total. The molecule has 2 heterocycles. The summed E-state index contributed by atoms with van der Waals surface area (Å²) in [4.78, 5) is 15.1. The lowest BCUT2D eigenvalue weighted by molar-refractivity contribution is 0.734. The second-order valence-electron chi connectivity index (χ2n) is 5.41. The minimum Gasteiger partial charge on any atom is -0.357 e. The number of rotatable bonds is 1. The van der Waals surface area contributed by atoms with E-state index < -0.39 is 0 Å². The third-order valence-electron chi connectivity index (χ3n) is 3.86. The number of nitrogens with one attached hydrogen (secondary N) is 1. The summed E-state index contributed by atoms with van der Waals surface area (Å²) in [6, 6.07) is 1.99. The molecule has 0 amide bonds. The molecule has 0 saturated carbocycles. The molecule has 0 spiro atoms. The first-order valence-electron chi connectivity index (χ1n) is 6.64. The Bertz CT molecular complexity index is 759. The van der Waals surface area contributed by atoms with Crippen molar-refractivity contribution in [2.24, 2.45) is 13.0 Å². The summed E-state index contributed by atoms with van der Waals surface area (Å²) < 4.78 is 1.65. The Morgan fingerprint density at radius 1 is 1.42 bits per heavy atom. The van der Waals surface area contributed by atoms with Crippen molar-refractivity contribution < 1.29 is 0 Å². The van der Waals surface area contributed by atoms with Crippen LogP contribution in [-0.4, -0.2) is 9.55 Å². The topological polar surface area (TPSA) is 37.8 Å². The van der Waals surface area contributed by atoms with Crippen molar-refractivity contribution in [3.8, 4) is 0 Å². The maximum atomic E-state index is 12.1. The van der Waals surface area contributed by atoms with Crippen LogP contribution in [0, 0.1) is 5.92 Å². The minimum atomic E-state index is 0.0230. The van der Waals surface area contributed by atoms with Gasteiger partial charge in [-0.2, -0.15) is 0 Å². The summed E-state index contributed by atoms with van der Waals surface area (Å²) in [6.45, 7) is 4.36. The lowest BCUT2D eigenvalue weighted by Gasteiger charge is -2.18. The fraction of sp³-hybridized carbons (Fsp3) is 0.312. The predicted octanol–water partition coefficient (Wildman–Crippen LogP) is 3.24. The van der Waals surface area contributed by atoms with Crippen LogP contribution in [0.25, 0.3) is 16.5 Å². The Morgan fingerprint density at radius 2 is 2.21 bits per heavy atom. The molecule has 1 aliphatic carbocycles. The molecule has 0 aliphatic heterocycles. The van der Waals surface area contributed by atoms with Gasteiger partial charge in [-0.1, -0.05) is 19.1 Å². The summed E-state index contributed by atoms with van der Waals surface area (Å²) >= 11 is 0. The Hall–Kier alpha value is -2.03. The molecule has 1 aliphatic rings. The monoisotopic (exact) mass is 254 g/mol. The maximum Gasteiger partial charge on any atom is 0.274 e. The van der Waals surface area contributed by atoms with Crippen molar-refractivity contribution in [2.75, 3.05) is 0 Å². The first-order valence-corrected chi connectivity index (χ1v) is 6.64. The Morgan fingerprint density at radius 3 is 3.00 bits per heavy atom. The molecule has 0 saturated heterocycles. The van der Waals surface area contributed by atoms with Gasteiger partial charge in [0.25, 0.3) is 5.56 Å². The first-order chi connectivity index (χ1) is 9.08. The molecule has 1 atom stereocenters. The number of hydrogen-bond donors (Lipinski definition) is 1. The summed E-state index contributed by atoms with van der Waals surface area (Å²) in [6.07, 6.45) is 9.46. The van der Waals surface area contributed by atoms with E-state index in [9.17, 15) is 4.79 Å². The van der Waals surface area contributed by atoms with E-state index in [0.717, 1.165) is 17.4 Å². The number of hydrogen-bond acceptors (Lipinski definition) is 1. The molecular formula is C16H18N2O. The standard InChI is InChI=1S/C16H18N2O/c1-10-4-5-11(2)13(8-10)14-9-18(3)16(19)15-12(14)6-7-17-15/h5-10,17H,4H2,1-3H3. The molecule has 3 rings (SSSR count). The molecule has 0 aromatic carbocycles. The van der Waals surface area contributed by atoms with Crippen LogP contribution < -0.4 is 5.56 Å². The van der Waals surface area contributed by atoms with Gasteiger partial charge in [0.15, 0.2) is 0 Å². The second-order valence-corrected chi connectivity index (χ2v) is 5.41. The Kier molecular flexibility index (Phi) is 2.70. The van der Waals surface area contributed by atoms with Crippen LogP contribution in [0.2, 0.25) is 0 Å². The fourth-order valence-corrected chi connectivity index (χ4v) is 2.74. The van der Waals surface area contributed by atoms with E-state index in [4.69, 9.17) is 0 Å². The van der Waals surface area contributed by atoms with Gasteiger partial charge in [0.05, 0.1) is 0 Å². The van der Waals surface area contributed by atoms with Gasteiger partial charge in [0, 0.05) is 30.4 Å². The second kappa shape index (κ2) is 4.26. The molecule has 0 bridgehead atoms. The van der Waals surface area contributed by atoms with E-state index in [1.54, 1.807) is 11.6 Å². The average Bonchev–Trinajstić information content (AvgIpc) is 2.86. The van der Waals surface area contributed by atoms with Crippen molar-refractivity contribution >= 4 is 16.5 Å². The van der Waals surface area contributed by atoms with E-state index in [2.05, 4.69) is 31.0 Å². The van der Waals surface area contributed by atoms with Crippen LogP contribution in [0.3, 0.4) is 0 Å². The lowest BCUT2D eigenvalue weighted by Crippen LogP contribution is -2.17. The summed E-state index contributed by atoms with van der Waals surface area (Å²) in [7, 11) is 1.80. The highest BCUT2D eigenvalue weighted by atomic mass is 16.1. The van der Waals surface area contributed by atoms with Gasteiger partial charge in [-0.15, -0.1) is 0 Å². The smallest absolute Gasteiger partial charge is 0.274 e. The van der Waals surface area contributed by atoms with E-state index in [1.165, 1.54) is 11.1 Å². The van der Waals surface area contributed by atoms with Gasteiger partial charge < -0.3 is 9.55 Å². The van der Waals surface area contributed by atoms with E-state index in [1.807, 2.05) is 18.5 Å². The highest BCUT2D eigenvalue weighted by Gasteiger charge is 2.16. The highest BCUT2D eigenvalue weighted by molar-refractivity contribution is 5.95. The van der Waals surface area contributed by atoms with Gasteiger partial charge >= 0.3 is 0 Å². The highest BCUT2D eigenvalue weighted by Crippen LogP contribution is 2.33. The minimum absolute atomic E-state index is 0.0230. The zero-order chi connectivity index (χ0) is 13.6.